The molecule has 5 heteroatoms. The molecule has 1 aromatic rings. The van der Waals surface area contributed by atoms with E-state index in [1.807, 2.05) is 24.3 Å². The Morgan fingerprint density at radius 2 is 2.07 bits per heavy atom. The molecule has 0 amide bonds. The molecule has 0 saturated carbocycles. The number of rotatable bonds is 3. The first-order chi connectivity index (χ1) is 6.38. The van der Waals surface area contributed by atoms with Gasteiger partial charge in [0.1, 0.15) is 0 Å². The topological polar surface area (TPSA) is 43.4 Å². The van der Waals surface area contributed by atoms with Crippen molar-refractivity contribution in [3.05, 3.63) is 34.3 Å². The van der Waals surface area contributed by atoms with Crippen LogP contribution in [0.15, 0.2) is 28.7 Å². The minimum atomic E-state index is -3.40. The lowest BCUT2D eigenvalue weighted by Crippen LogP contribution is -2.07. The number of halogens is 1. The normalized spacial score (nSPS) is 13.9. The molecule has 1 aromatic carbocycles. The largest absolute Gasteiger partial charge is 0.264 e. The molecule has 0 radical (unpaired) electrons. The van der Waals surface area contributed by atoms with E-state index >= 15 is 0 Å². The average Bonchev–Trinajstić information content (AvgIpc) is 2.01. The van der Waals surface area contributed by atoms with Crippen LogP contribution < -0.4 is 0 Å². The summed E-state index contributed by atoms with van der Waals surface area (Å²) in [5.74, 6) is 0. The Bertz CT molecular complexity index is 414. The summed E-state index contributed by atoms with van der Waals surface area (Å²) >= 11 is 3.31. The van der Waals surface area contributed by atoms with Gasteiger partial charge in [-0.25, -0.2) is 0 Å². The molecule has 78 valence electrons. The molecule has 0 fully saturated rings. The van der Waals surface area contributed by atoms with Gasteiger partial charge < -0.3 is 0 Å². The zero-order valence-corrected chi connectivity index (χ0v) is 10.3. The first kappa shape index (κ1) is 11.7. The highest BCUT2D eigenvalue weighted by atomic mass is 79.9. The highest BCUT2D eigenvalue weighted by Crippen LogP contribution is 2.21. The zero-order valence-electron chi connectivity index (χ0n) is 7.90. The minimum Gasteiger partial charge on any atom is -0.262 e. The van der Waals surface area contributed by atoms with Crippen LogP contribution in [0, 0.1) is 0 Å². The highest BCUT2D eigenvalue weighted by molar-refractivity contribution is 9.10. The number of hydrogen-bond acceptors (Lipinski definition) is 3. The van der Waals surface area contributed by atoms with Crippen LogP contribution >= 0.6 is 15.9 Å². The molecule has 0 bridgehead atoms. The van der Waals surface area contributed by atoms with Crippen LogP contribution in [0.25, 0.3) is 0 Å². The molecule has 0 N–H and O–H groups in total. The smallest absolute Gasteiger partial charge is 0.262 e. The van der Waals surface area contributed by atoms with Gasteiger partial charge in [0, 0.05) is 4.47 Å². The van der Waals surface area contributed by atoms with E-state index in [2.05, 4.69) is 15.9 Å². The summed E-state index contributed by atoms with van der Waals surface area (Å²) in [5.41, 5.74) is 0.824. The molecule has 0 saturated heterocycles. The van der Waals surface area contributed by atoms with Crippen LogP contribution in [0.4, 0.5) is 0 Å². The van der Waals surface area contributed by atoms with Gasteiger partial charge >= 0.3 is 0 Å². The summed E-state index contributed by atoms with van der Waals surface area (Å²) in [6, 6.07) is 7.36. The van der Waals surface area contributed by atoms with E-state index < -0.39 is 16.2 Å². The molecule has 0 aliphatic carbocycles. The minimum absolute atomic E-state index is 0.456. The van der Waals surface area contributed by atoms with Gasteiger partial charge in [-0.15, -0.1) is 0 Å². The first-order valence-corrected chi connectivity index (χ1v) is 6.63. The van der Waals surface area contributed by atoms with Gasteiger partial charge in [0.05, 0.1) is 12.4 Å². The van der Waals surface area contributed by atoms with Crippen molar-refractivity contribution in [1.29, 1.82) is 0 Å². The predicted octanol–water partition coefficient (Wildman–Crippen LogP) is 2.49. The second-order valence-electron chi connectivity index (χ2n) is 3.00. The summed E-state index contributed by atoms with van der Waals surface area (Å²) in [6.45, 7) is 1.70. The van der Waals surface area contributed by atoms with Crippen molar-refractivity contribution < 1.29 is 12.6 Å². The van der Waals surface area contributed by atoms with E-state index in [1.165, 1.54) is 0 Å². The van der Waals surface area contributed by atoms with Crippen molar-refractivity contribution in [2.45, 2.75) is 13.0 Å². The highest BCUT2D eigenvalue weighted by Gasteiger charge is 2.12. The van der Waals surface area contributed by atoms with Crippen LogP contribution in [0.5, 0.6) is 0 Å². The predicted molar refractivity (Wildman–Crippen MR) is 58.5 cm³/mol. The van der Waals surface area contributed by atoms with E-state index in [0.29, 0.717) is 0 Å². The molecule has 0 aromatic heterocycles. The molecule has 0 aliphatic rings. The van der Waals surface area contributed by atoms with E-state index in [0.717, 1.165) is 16.3 Å². The Hall–Kier alpha value is -0.390. The summed E-state index contributed by atoms with van der Waals surface area (Å²) in [6.07, 6.45) is 0.587. The molecule has 1 atom stereocenters. The van der Waals surface area contributed by atoms with E-state index in [9.17, 15) is 8.42 Å². The van der Waals surface area contributed by atoms with Crippen molar-refractivity contribution in [3.63, 3.8) is 0 Å². The van der Waals surface area contributed by atoms with Crippen molar-refractivity contribution in [2.75, 3.05) is 6.26 Å². The Kier molecular flexibility index (Phi) is 3.69. The number of hydrogen-bond donors (Lipinski definition) is 0. The third-order valence-electron chi connectivity index (χ3n) is 1.64. The van der Waals surface area contributed by atoms with Crippen LogP contribution in [0.2, 0.25) is 0 Å². The van der Waals surface area contributed by atoms with Gasteiger partial charge in [-0.2, -0.15) is 8.42 Å². The van der Waals surface area contributed by atoms with E-state index in [4.69, 9.17) is 4.18 Å². The van der Waals surface area contributed by atoms with Crippen molar-refractivity contribution in [3.8, 4) is 0 Å². The van der Waals surface area contributed by atoms with E-state index in [-0.39, 0.29) is 0 Å². The molecule has 0 aliphatic heterocycles. The van der Waals surface area contributed by atoms with Crippen LogP contribution in [-0.2, 0) is 14.3 Å². The molecule has 14 heavy (non-hydrogen) atoms. The lowest BCUT2D eigenvalue weighted by atomic mass is 10.1. The Labute approximate surface area is 92.3 Å². The monoisotopic (exact) mass is 278 g/mol. The Morgan fingerprint density at radius 3 is 2.57 bits per heavy atom. The third-order valence-corrected chi connectivity index (χ3v) is 2.77. The summed E-state index contributed by atoms with van der Waals surface area (Å²) in [4.78, 5) is 0. The molecule has 3 nitrogen and oxygen atoms in total. The van der Waals surface area contributed by atoms with E-state index in [1.54, 1.807) is 6.92 Å². The quantitative estimate of drug-likeness (QED) is 0.798. The fourth-order valence-corrected chi connectivity index (χ4v) is 2.13. The van der Waals surface area contributed by atoms with Gasteiger partial charge in [0.25, 0.3) is 10.1 Å². The van der Waals surface area contributed by atoms with Gasteiger partial charge in [0.2, 0.25) is 0 Å². The molecule has 0 heterocycles. The van der Waals surface area contributed by atoms with Crippen molar-refractivity contribution in [2.24, 2.45) is 0 Å². The van der Waals surface area contributed by atoms with Crippen LogP contribution in [0.3, 0.4) is 0 Å². The molecular weight excluding hydrogens is 268 g/mol. The first-order valence-electron chi connectivity index (χ1n) is 4.02. The molecular formula is C9H11BrO3S. The summed E-state index contributed by atoms with van der Waals surface area (Å²) in [7, 11) is -3.40. The SMILES string of the molecule is C[C@H](OS(C)(=O)=O)c1cccc(Br)c1. The van der Waals surface area contributed by atoms with Crippen LogP contribution in [0.1, 0.15) is 18.6 Å². The second kappa shape index (κ2) is 4.42. The summed E-state index contributed by atoms with van der Waals surface area (Å²) in [5, 5.41) is 0. The van der Waals surface area contributed by atoms with Gasteiger partial charge in [0.15, 0.2) is 0 Å². The zero-order chi connectivity index (χ0) is 10.8. The lowest BCUT2D eigenvalue weighted by Gasteiger charge is -2.11. The fourth-order valence-electron chi connectivity index (χ4n) is 1.08. The van der Waals surface area contributed by atoms with Crippen LogP contribution in [-0.4, -0.2) is 14.7 Å². The molecule has 0 unspecified atom stereocenters. The van der Waals surface area contributed by atoms with Gasteiger partial charge in [-0.05, 0) is 24.6 Å². The van der Waals surface area contributed by atoms with Gasteiger partial charge in [-0.1, -0.05) is 28.1 Å². The maximum atomic E-state index is 10.9. The lowest BCUT2D eigenvalue weighted by molar-refractivity contribution is 0.236. The fraction of sp³-hybridized carbons (Fsp3) is 0.333. The summed E-state index contributed by atoms with van der Waals surface area (Å²) < 4.78 is 27.5. The van der Waals surface area contributed by atoms with Crippen molar-refractivity contribution >= 4 is 26.0 Å². The third kappa shape index (κ3) is 3.77. The number of benzene rings is 1. The Balaban J connectivity index is 2.85. The molecule has 0 spiro atoms. The standard InChI is InChI=1S/C9H11BrO3S/c1-7(13-14(2,11)12)8-4-3-5-9(10)6-8/h3-7H,1-2H3/t7-/m0/s1. The molecule has 1 rings (SSSR count). The second-order valence-corrected chi connectivity index (χ2v) is 5.51. The average molecular weight is 279 g/mol. The maximum Gasteiger partial charge on any atom is 0.264 e. The van der Waals surface area contributed by atoms with Gasteiger partial charge in [-0.3, -0.25) is 4.18 Å². The Morgan fingerprint density at radius 1 is 1.43 bits per heavy atom. The maximum absolute atomic E-state index is 10.9. The van der Waals surface area contributed by atoms with Crippen molar-refractivity contribution in [1.82, 2.24) is 0 Å².